The SMILES string of the molecule is CC(C)(C)OC(=O)NCCCCNc1ccc(C(=O)NN)cc1N. The fraction of sp³-hybridized carbons (Fsp3) is 0.500. The first-order valence-corrected chi connectivity index (χ1v) is 7.84. The van der Waals surface area contributed by atoms with E-state index in [1.54, 1.807) is 18.2 Å². The van der Waals surface area contributed by atoms with Crippen LogP contribution in [-0.4, -0.2) is 30.7 Å². The third-order valence-corrected chi connectivity index (χ3v) is 3.03. The molecule has 0 saturated carbocycles. The molecule has 0 bridgehead atoms. The predicted octanol–water partition coefficient (Wildman–Crippen LogP) is 1.59. The Bertz CT molecular complexity index is 569. The number of hydrogen-bond acceptors (Lipinski definition) is 6. The molecule has 0 atom stereocenters. The molecular weight excluding hydrogens is 310 g/mol. The Kier molecular flexibility index (Phi) is 7.31. The maximum Gasteiger partial charge on any atom is 0.407 e. The van der Waals surface area contributed by atoms with Gasteiger partial charge in [-0.15, -0.1) is 0 Å². The third kappa shape index (κ3) is 7.19. The number of hydrogen-bond donors (Lipinski definition) is 5. The van der Waals surface area contributed by atoms with Crippen molar-refractivity contribution in [1.82, 2.24) is 10.7 Å². The highest BCUT2D eigenvalue weighted by atomic mass is 16.6. The molecule has 8 heteroatoms. The van der Waals surface area contributed by atoms with Crippen LogP contribution in [0.2, 0.25) is 0 Å². The van der Waals surface area contributed by atoms with Crippen LogP contribution in [0, 0.1) is 0 Å². The molecule has 0 aromatic heterocycles. The van der Waals surface area contributed by atoms with E-state index in [4.69, 9.17) is 16.3 Å². The number of amides is 2. The Balaban J connectivity index is 2.26. The van der Waals surface area contributed by atoms with Gasteiger partial charge in [-0.3, -0.25) is 10.2 Å². The second-order valence-electron chi connectivity index (χ2n) is 6.34. The Hall–Kier alpha value is -2.48. The van der Waals surface area contributed by atoms with Crippen LogP contribution in [0.5, 0.6) is 0 Å². The Morgan fingerprint density at radius 3 is 2.42 bits per heavy atom. The van der Waals surface area contributed by atoms with Crippen molar-refractivity contribution < 1.29 is 14.3 Å². The Labute approximate surface area is 142 Å². The number of unbranched alkanes of at least 4 members (excludes halogenated alkanes) is 1. The van der Waals surface area contributed by atoms with Crippen molar-refractivity contribution in [2.75, 3.05) is 24.1 Å². The molecule has 7 N–H and O–H groups in total. The van der Waals surface area contributed by atoms with Gasteiger partial charge in [0.25, 0.3) is 5.91 Å². The van der Waals surface area contributed by atoms with Gasteiger partial charge in [0.15, 0.2) is 0 Å². The van der Waals surface area contributed by atoms with Crippen LogP contribution in [0.15, 0.2) is 18.2 Å². The maximum atomic E-state index is 11.5. The molecule has 24 heavy (non-hydrogen) atoms. The molecule has 0 aliphatic rings. The van der Waals surface area contributed by atoms with E-state index in [-0.39, 0.29) is 5.91 Å². The average molecular weight is 337 g/mol. The zero-order valence-corrected chi connectivity index (χ0v) is 14.4. The predicted molar refractivity (Wildman–Crippen MR) is 94.5 cm³/mol. The first kappa shape index (κ1) is 19.6. The smallest absolute Gasteiger partial charge is 0.407 e. The number of nitrogen functional groups attached to an aromatic ring is 2. The van der Waals surface area contributed by atoms with Crippen molar-refractivity contribution in [3.05, 3.63) is 23.8 Å². The summed E-state index contributed by atoms with van der Waals surface area (Å²) in [5.74, 6) is 4.69. The summed E-state index contributed by atoms with van der Waals surface area (Å²) in [5, 5.41) is 5.90. The van der Waals surface area contributed by atoms with E-state index < -0.39 is 11.7 Å². The summed E-state index contributed by atoms with van der Waals surface area (Å²) in [6, 6.07) is 4.94. The maximum absolute atomic E-state index is 11.5. The molecule has 134 valence electrons. The van der Waals surface area contributed by atoms with E-state index in [1.165, 1.54) is 0 Å². The van der Waals surface area contributed by atoms with E-state index in [0.29, 0.717) is 24.3 Å². The number of nitrogens with two attached hydrogens (primary N) is 2. The van der Waals surface area contributed by atoms with Crippen LogP contribution in [0.4, 0.5) is 16.2 Å². The highest BCUT2D eigenvalue weighted by molar-refractivity contribution is 5.95. The van der Waals surface area contributed by atoms with E-state index >= 15 is 0 Å². The Morgan fingerprint density at radius 2 is 1.83 bits per heavy atom. The molecule has 1 aromatic carbocycles. The fourth-order valence-electron chi connectivity index (χ4n) is 1.93. The number of ether oxygens (including phenoxy) is 1. The molecule has 0 radical (unpaired) electrons. The summed E-state index contributed by atoms with van der Waals surface area (Å²) in [7, 11) is 0. The molecule has 0 aliphatic heterocycles. The van der Waals surface area contributed by atoms with E-state index in [9.17, 15) is 9.59 Å². The van der Waals surface area contributed by atoms with Gasteiger partial charge in [-0.2, -0.15) is 0 Å². The molecule has 0 heterocycles. The lowest BCUT2D eigenvalue weighted by Gasteiger charge is -2.19. The normalized spacial score (nSPS) is 10.8. The topological polar surface area (TPSA) is 132 Å². The van der Waals surface area contributed by atoms with Gasteiger partial charge in [0, 0.05) is 18.7 Å². The summed E-state index contributed by atoms with van der Waals surface area (Å²) in [6.07, 6.45) is 1.24. The number of hydrazine groups is 1. The lowest BCUT2D eigenvalue weighted by molar-refractivity contribution is 0.0527. The standard InChI is InChI=1S/C16H27N5O3/c1-16(2,3)24-15(23)20-9-5-4-8-19-13-7-6-11(10-12(13)17)14(22)21-18/h6-7,10,19H,4-5,8-9,17-18H2,1-3H3,(H,20,23)(H,21,22). The van der Waals surface area contributed by atoms with Crippen LogP contribution >= 0.6 is 0 Å². The summed E-state index contributed by atoms with van der Waals surface area (Å²) in [4.78, 5) is 22.9. The van der Waals surface area contributed by atoms with Crippen molar-refractivity contribution in [2.24, 2.45) is 5.84 Å². The zero-order chi connectivity index (χ0) is 18.2. The van der Waals surface area contributed by atoms with Crippen molar-refractivity contribution >= 4 is 23.4 Å². The van der Waals surface area contributed by atoms with Crippen LogP contribution in [0.3, 0.4) is 0 Å². The number of carbonyl (C=O) groups is 2. The zero-order valence-electron chi connectivity index (χ0n) is 14.4. The molecule has 0 spiro atoms. The highest BCUT2D eigenvalue weighted by Gasteiger charge is 2.15. The summed E-state index contributed by atoms with van der Waals surface area (Å²) in [5.41, 5.74) is 9.10. The van der Waals surface area contributed by atoms with Gasteiger partial charge >= 0.3 is 6.09 Å². The second kappa shape index (κ2) is 8.97. The van der Waals surface area contributed by atoms with Crippen molar-refractivity contribution in [1.29, 1.82) is 0 Å². The molecule has 0 fully saturated rings. The molecule has 1 rings (SSSR count). The number of rotatable bonds is 7. The largest absolute Gasteiger partial charge is 0.444 e. The number of nitrogens with one attached hydrogen (secondary N) is 3. The molecular formula is C16H27N5O3. The Morgan fingerprint density at radius 1 is 1.17 bits per heavy atom. The molecule has 1 aromatic rings. The molecule has 8 nitrogen and oxygen atoms in total. The van der Waals surface area contributed by atoms with Gasteiger partial charge in [0.1, 0.15) is 5.60 Å². The van der Waals surface area contributed by atoms with Gasteiger partial charge in [-0.25, -0.2) is 10.6 Å². The fourth-order valence-corrected chi connectivity index (χ4v) is 1.93. The van der Waals surface area contributed by atoms with Gasteiger partial charge in [-0.1, -0.05) is 0 Å². The first-order valence-electron chi connectivity index (χ1n) is 7.84. The highest BCUT2D eigenvalue weighted by Crippen LogP contribution is 2.19. The minimum absolute atomic E-state index is 0.388. The summed E-state index contributed by atoms with van der Waals surface area (Å²) >= 11 is 0. The summed E-state index contributed by atoms with van der Waals surface area (Å²) < 4.78 is 5.15. The van der Waals surface area contributed by atoms with Gasteiger partial charge in [-0.05, 0) is 51.8 Å². The quantitative estimate of drug-likeness (QED) is 0.169. The monoisotopic (exact) mass is 337 g/mol. The van der Waals surface area contributed by atoms with Crippen LogP contribution in [0.25, 0.3) is 0 Å². The first-order chi connectivity index (χ1) is 11.2. The molecule has 2 amide bonds. The number of anilines is 2. The minimum atomic E-state index is -0.490. The number of benzene rings is 1. The lowest BCUT2D eigenvalue weighted by atomic mass is 10.1. The average Bonchev–Trinajstić information content (AvgIpc) is 2.49. The van der Waals surface area contributed by atoms with E-state index in [0.717, 1.165) is 18.5 Å². The van der Waals surface area contributed by atoms with E-state index in [1.807, 2.05) is 20.8 Å². The lowest BCUT2D eigenvalue weighted by Crippen LogP contribution is -2.33. The number of alkyl carbamates (subject to hydrolysis) is 1. The van der Waals surface area contributed by atoms with Crippen molar-refractivity contribution in [3.8, 4) is 0 Å². The van der Waals surface area contributed by atoms with Crippen molar-refractivity contribution in [2.45, 2.75) is 39.2 Å². The molecule has 0 unspecified atom stereocenters. The van der Waals surface area contributed by atoms with Gasteiger partial charge in [0.2, 0.25) is 0 Å². The summed E-state index contributed by atoms with van der Waals surface area (Å²) in [6.45, 7) is 6.71. The van der Waals surface area contributed by atoms with Crippen LogP contribution < -0.4 is 27.6 Å². The van der Waals surface area contributed by atoms with Gasteiger partial charge in [0.05, 0.1) is 11.4 Å². The second-order valence-corrected chi connectivity index (χ2v) is 6.34. The van der Waals surface area contributed by atoms with Crippen LogP contribution in [0.1, 0.15) is 44.0 Å². The van der Waals surface area contributed by atoms with E-state index in [2.05, 4.69) is 16.1 Å². The molecule has 0 aliphatic carbocycles. The van der Waals surface area contributed by atoms with Crippen LogP contribution in [-0.2, 0) is 4.74 Å². The minimum Gasteiger partial charge on any atom is -0.444 e. The van der Waals surface area contributed by atoms with Gasteiger partial charge < -0.3 is 21.1 Å². The molecule has 0 saturated heterocycles. The number of carbonyl (C=O) groups excluding carboxylic acids is 2. The van der Waals surface area contributed by atoms with Crippen molar-refractivity contribution in [3.63, 3.8) is 0 Å². The third-order valence-electron chi connectivity index (χ3n) is 3.03.